The zero-order chi connectivity index (χ0) is 21.4. The van der Waals surface area contributed by atoms with Crippen molar-refractivity contribution in [1.82, 2.24) is 9.62 Å². The second-order valence-electron chi connectivity index (χ2n) is 8.21. The summed E-state index contributed by atoms with van der Waals surface area (Å²) in [5.74, 6) is 0.244. The summed E-state index contributed by atoms with van der Waals surface area (Å²) in [6, 6.07) is 27.3. The molecule has 2 bridgehead atoms. The average molecular weight is 430 g/mol. The SMILES string of the molecule is N#Cc1cccc(-c2ccc(C3[C@H]4CNC[C@@H]3N4S(=O)(=O)Cc3ccccc3)cc2)c1. The maximum Gasteiger partial charge on any atom is 0.218 e. The number of benzene rings is 3. The van der Waals surface area contributed by atoms with Crippen molar-refractivity contribution >= 4 is 10.0 Å². The largest absolute Gasteiger partial charge is 0.313 e. The zero-order valence-electron chi connectivity index (χ0n) is 17.0. The number of sulfonamides is 1. The van der Waals surface area contributed by atoms with E-state index in [4.69, 9.17) is 5.26 Å². The molecule has 0 radical (unpaired) electrons. The first-order valence-corrected chi connectivity index (χ1v) is 12.0. The van der Waals surface area contributed by atoms with E-state index in [0.29, 0.717) is 18.7 Å². The summed E-state index contributed by atoms with van der Waals surface area (Å²) in [5.41, 5.74) is 4.69. The van der Waals surface area contributed by atoms with Crippen LogP contribution in [0.1, 0.15) is 22.6 Å². The van der Waals surface area contributed by atoms with E-state index in [-0.39, 0.29) is 23.8 Å². The van der Waals surface area contributed by atoms with Crippen LogP contribution in [0.15, 0.2) is 78.9 Å². The number of rotatable bonds is 5. The van der Waals surface area contributed by atoms with Gasteiger partial charge in [0, 0.05) is 31.1 Å². The molecule has 3 aromatic rings. The Kier molecular flexibility index (Phi) is 5.11. The van der Waals surface area contributed by atoms with E-state index >= 15 is 0 Å². The smallest absolute Gasteiger partial charge is 0.218 e. The number of nitrogens with one attached hydrogen (secondary N) is 1. The lowest BCUT2D eigenvalue weighted by Gasteiger charge is -2.58. The second kappa shape index (κ2) is 7.93. The van der Waals surface area contributed by atoms with Crippen molar-refractivity contribution in [2.45, 2.75) is 23.8 Å². The molecule has 31 heavy (non-hydrogen) atoms. The Labute approximate surface area is 183 Å². The molecule has 5 nitrogen and oxygen atoms in total. The molecule has 2 aliphatic heterocycles. The Balaban J connectivity index is 1.37. The molecule has 0 spiro atoms. The van der Waals surface area contributed by atoms with E-state index in [2.05, 4.69) is 35.7 Å². The van der Waals surface area contributed by atoms with Gasteiger partial charge in [0.1, 0.15) is 0 Å². The molecule has 0 aromatic heterocycles. The summed E-state index contributed by atoms with van der Waals surface area (Å²) in [6.07, 6.45) is 0. The van der Waals surface area contributed by atoms with Gasteiger partial charge < -0.3 is 5.32 Å². The minimum Gasteiger partial charge on any atom is -0.313 e. The van der Waals surface area contributed by atoms with Crippen LogP contribution in [-0.2, 0) is 15.8 Å². The van der Waals surface area contributed by atoms with Gasteiger partial charge in [0.2, 0.25) is 10.0 Å². The lowest BCUT2D eigenvalue weighted by Crippen LogP contribution is -2.73. The Morgan fingerprint density at radius 2 is 1.61 bits per heavy atom. The van der Waals surface area contributed by atoms with E-state index in [9.17, 15) is 8.42 Å². The van der Waals surface area contributed by atoms with Crippen molar-refractivity contribution in [2.75, 3.05) is 13.1 Å². The van der Waals surface area contributed by atoms with E-state index < -0.39 is 10.0 Å². The number of fused-ring (bicyclic) bond motifs is 2. The Morgan fingerprint density at radius 3 is 2.29 bits per heavy atom. The molecule has 156 valence electrons. The van der Waals surface area contributed by atoms with Crippen LogP contribution in [-0.4, -0.2) is 37.9 Å². The summed E-state index contributed by atoms with van der Waals surface area (Å²) in [7, 11) is -3.37. The van der Waals surface area contributed by atoms with Crippen LogP contribution in [0.2, 0.25) is 0 Å². The lowest BCUT2D eigenvalue weighted by molar-refractivity contribution is 0.0369. The van der Waals surface area contributed by atoms with Crippen molar-refractivity contribution in [2.24, 2.45) is 0 Å². The van der Waals surface area contributed by atoms with E-state index in [0.717, 1.165) is 16.7 Å². The van der Waals surface area contributed by atoms with Crippen LogP contribution in [0.25, 0.3) is 11.1 Å². The van der Waals surface area contributed by atoms with Crippen LogP contribution >= 0.6 is 0 Å². The molecular formula is C25H23N3O2S. The highest BCUT2D eigenvalue weighted by Gasteiger charge is 2.56. The van der Waals surface area contributed by atoms with E-state index in [1.807, 2.05) is 48.5 Å². The third-order valence-corrected chi connectivity index (χ3v) is 8.21. The molecule has 0 amide bonds. The minimum atomic E-state index is -3.37. The summed E-state index contributed by atoms with van der Waals surface area (Å²) in [4.78, 5) is 0. The van der Waals surface area contributed by atoms with E-state index in [1.165, 1.54) is 5.56 Å². The van der Waals surface area contributed by atoms with Crippen LogP contribution in [0.4, 0.5) is 0 Å². The molecule has 2 saturated heterocycles. The molecule has 1 N–H and O–H groups in total. The summed E-state index contributed by atoms with van der Waals surface area (Å²) in [6.45, 7) is 1.34. The molecule has 1 unspecified atom stereocenters. The molecule has 3 aromatic carbocycles. The van der Waals surface area contributed by atoms with Gasteiger partial charge in [0.25, 0.3) is 0 Å². The molecule has 0 saturated carbocycles. The van der Waals surface area contributed by atoms with Crippen LogP contribution < -0.4 is 5.32 Å². The van der Waals surface area contributed by atoms with Gasteiger partial charge in [-0.05, 0) is 34.4 Å². The molecular weight excluding hydrogens is 406 g/mol. The Bertz CT molecular complexity index is 1220. The van der Waals surface area contributed by atoms with Crippen molar-refractivity contribution in [3.63, 3.8) is 0 Å². The van der Waals surface area contributed by atoms with Crippen molar-refractivity contribution in [1.29, 1.82) is 5.26 Å². The number of hydrogen-bond donors (Lipinski definition) is 1. The second-order valence-corrected chi connectivity index (χ2v) is 10.1. The quantitative estimate of drug-likeness (QED) is 0.674. The number of nitrogens with zero attached hydrogens (tertiary/aromatic N) is 2. The molecule has 0 aliphatic carbocycles. The average Bonchev–Trinajstić information content (AvgIpc) is 2.80. The van der Waals surface area contributed by atoms with Crippen LogP contribution in [0.5, 0.6) is 0 Å². The van der Waals surface area contributed by atoms with Crippen molar-refractivity contribution in [3.8, 4) is 17.2 Å². The van der Waals surface area contributed by atoms with Gasteiger partial charge in [-0.1, -0.05) is 66.7 Å². The highest BCUT2D eigenvalue weighted by molar-refractivity contribution is 7.88. The van der Waals surface area contributed by atoms with Gasteiger partial charge in [-0.25, -0.2) is 8.42 Å². The van der Waals surface area contributed by atoms with Gasteiger partial charge >= 0.3 is 0 Å². The molecule has 5 rings (SSSR count). The first-order valence-electron chi connectivity index (χ1n) is 10.4. The monoisotopic (exact) mass is 429 g/mol. The summed E-state index contributed by atoms with van der Waals surface area (Å²) >= 11 is 0. The maximum atomic E-state index is 13.1. The Hall–Kier alpha value is -2.98. The van der Waals surface area contributed by atoms with Gasteiger partial charge in [-0.3, -0.25) is 0 Å². The third-order valence-electron chi connectivity index (χ3n) is 6.32. The number of hydrogen-bond acceptors (Lipinski definition) is 4. The highest BCUT2D eigenvalue weighted by atomic mass is 32.2. The first-order chi connectivity index (χ1) is 15.1. The van der Waals surface area contributed by atoms with Crippen molar-refractivity contribution in [3.05, 3.63) is 95.6 Å². The topological polar surface area (TPSA) is 73.2 Å². The maximum absolute atomic E-state index is 13.1. The van der Waals surface area contributed by atoms with Gasteiger partial charge in [-0.15, -0.1) is 0 Å². The van der Waals surface area contributed by atoms with Crippen LogP contribution in [0, 0.1) is 11.3 Å². The number of piperazine rings is 1. The lowest BCUT2D eigenvalue weighted by atomic mass is 9.74. The van der Waals surface area contributed by atoms with Gasteiger partial charge in [0.05, 0.1) is 17.4 Å². The first kappa shape index (κ1) is 20.0. The van der Waals surface area contributed by atoms with Crippen LogP contribution in [0.3, 0.4) is 0 Å². The molecule has 6 heteroatoms. The minimum absolute atomic E-state index is 0.0434. The molecule has 2 heterocycles. The van der Waals surface area contributed by atoms with Crippen molar-refractivity contribution < 1.29 is 8.42 Å². The fourth-order valence-electron chi connectivity index (χ4n) is 4.91. The number of nitriles is 1. The highest BCUT2D eigenvalue weighted by Crippen LogP contribution is 2.45. The fourth-order valence-corrected chi connectivity index (χ4v) is 6.91. The molecule has 2 fully saturated rings. The van der Waals surface area contributed by atoms with Gasteiger partial charge in [-0.2, -0.15) is 9.57 Å². The standard InChI is InChI=1S/C25H23N3O2S/c26-14-19-7-4-8-22(13-19)20-9-11-21(12-10-20)25-23-15-27-16-24(25)28(23)31(29,30)17-18-5-2-1-3-6-18/h1-13,23-25,27H,15-17H2/t23-,24+,25?. The third kappa shape index (κ3) is 3.66. The predicted molar refractivity (Wildman–Crippen MR) is 121 cm³/mol. The predicted octanol–water partition coefficient (Wildman–Crippen LogP) is 3.49. The fraction of sp³-hybridized carbons (Fsp3) is 0.240. The summed E-state index contributed by atoms with van der Waals surface area (Å²) in [5, 5.41) is 12.5. The van der Waals surface area contributed by atoms with Gasteiger partial charge in [0.15, 0.2) is 0 Å². The summed E-state index contributed by atoms with van der Waals surface area (Å²) < 4.78 is 28.0. The normalized spacial score (nSPS) is 23.0. The number of piperidine rings is 1. The van der Waals surface area contributed by atoms with E-state index in [1.54, 1.807) is 10.4 Å². The molecule has 2 aliphatic rings. The zero-order valence-corrected chi connectivity index (χ0v) is 17.8. The Morgan fingerprint density at radius 1 is 0.903 bits per heavy atom. The molecule has 3 atom stereocenters.